The predicted octanol–water partition coefficient (Wildman–Crippen LogP) is 3.64. The molecule has 106 valence electrons. The summed E-state index contributed by atoms with van der Waals surface area (Å²) in [6, 6.07) is 10.4. The highest BCUT2D eigenvalue weighted by molar-refractivity contribution is 6.31. The molecule has 0 saturated carbocycles. The highest BCUT2D eigenvalue weighted by atomic mass is 35.5. The van der Waals surface area contributed by atoms with E-state index in [1.165, 1.54) is 7.11 Å². The van der Waals surface area contributed by atoms with Crippen molar-refractivity contribution in [2.45, 2.75) is 0 Å². The van der Waals surface area contributed by atoms with E-state index in [-0.39, 0.29) is 5.78 Å². The van der Waals surface area contributed by atoms with Crippen molar-refractivity contribution in [1.82, 2.24) is 4.98 Å². The standard InChI is InChI=1S/C16H13ClN2O2/c1-21-15-7-10(18)3-5-12(15)16(20)13-8-19-14-6-9(17)2-4-11(13)14/h2-8,19H,18H2,1H3. The molecule has 0 spiro atoms. The summed E-state index contributed by atoms with van der Waals surface area (Å²) in [4.78, 5) is 15.8. The number of nitrogen functional groups attached to an aromatic ring is 1. The van der Waals surface area contributed by atoms with Crippen LogP contribution in [0.2, 0.25) is 5.02 Å². The number of carbonyl (C=O) groups is 1. The number of rotatable bonds is 3. The number of nitrogens with one attached hydrogen (secondary N) is 1. The highest BCUT2D eigenvalue weighted by Gasteiger charge is 2.18. The number of hydrogen-bond donors (Lipinski definition) is 2. The number of hydrogen-bond acceptors (Lipinski definition) is 3. The number of ether oxygens (including phenoxy) is 1. The minimum absolute atomic E-state index is 0.125. The molecule has 3 rings (SSSR count). The van der Waals surface area contributed by atoms with Crippen LogP contribution in [0.15, 0.2) is 42.6 Å². The lowest BCUT2D eigenvalue weighted by molar-refractivity contribution is 0.103. The second-order valence-electron chi connectivity index (χ2n) is 4.68. The van der Waals surface area contributed by atoms with Crippen LogP contribution in [0.5, 0.6) is 5.75 Å². The number of aromatic amines is 1. The second kappa shape index (κ2) is 5.14. The maximum absolute atomic E-state index is 12.7. The van der Waals surface area contributed by atoms with Crippen LogP contribution in [-0.4, -0.2) is 17.9 Å². The van der Waals surface area contributed by atoms with E-state index in [1.807, 2.05) is 6.07 Å². The fourth-order valence-corrected chi connectivity index (χ4v) is 2.50. The number of fused-ring (bicyclic) bond motifs is 1. The Kier molecular flexibility index (Phi) is 3.31. The molecule has 0 aliphatic heterocycles. The average Bonchev–Trinajstić information content (AvgIpc) is 2.89. The first-order chi connectivity index (χ1) is 10.1. The van der Waals surface area contributed by atoms with Crippen molar-refractivity contribution in [2.75, 3.05) is 12.8 Å². The molecule has 5 heteroatoms. The van der Waals surface area contributed by atoms with Gasteiger partial charge < -0.3 is 15.5 Å². The first kappa shape index (κ1) is 13.5. The zero-order chi connectivity index (χ0) is 15.0. The van der Waals surface area contributed by atoms with Crippen LogP contribution in [-0.2, 0) is 0 Å². The molecule has 3 aromatic rings. The van der Waals surface area contributed by atoms with Gasteiger partial charge in [0, 0.05) is 39.4 Å². The molecular formula is C16H13ClN2O2. The molecule has 0 saturated heterocycles. The van der Waals surface area contributed by atoms with Gasteiger partial charge >= 0.3 is 0 Å². The number of methoxy groups -OCH3 is 1. The number of benzene rings is 2. The van der Waals surface area contributed by atoms with Gasteiger partial charge in [-0.05, 0) is 24.3 Å². The minimum atomic E-state index is -0.125. The van der Waals surface area contributed by atoms with E-state index in [1.54, 1.807) is 36.5 Å². The molecule has 1 aromatic heterocycles. The SMILES string of the molecule is COc1cc(N)ccc1C(=O)c1c[nH]c2cc(Cl)ccc12. The molecule has 0 aliphatic carbocycles. The van der Waals surface area contributed by atoms with Crippen LogP contribution < -0.4 is 10.5 Å². The van der Waals surface area contributed by atoms with E-state index in [0.717, 1.165) is 10.9 Å². The number of ketones is 1. The van der Waals surface area contributed by atoms with Crippen molar-refractivity contribution >= 4 is 34.0 Å². The Hall–Kier alpha value is -2.46. The van der Waals surface area contributed by atoms with E-state index < -0.39 is 0 Å². The maximum Gasteiger partial charge on any atom is 0.198 e. The monoisotopic (exact) mass is 300 g/mol. The molecular weight excluding hydrogens is 288 g/mol. The molecule has 4 nitrogen and oxygen atoms in total. The number of aromatic nitrogens is 1. The van der Waals surface area contributed by atoms with Crippen molar-refractivity contribution in [3.05, 3.63) is 58.7 Å². The molecule has 3 N–H and O–H groups in total. The summed E-state index contributed by atoms with van der Waals surface area (Å²) in [5.41, 5.74) is 8.14. The molecule has 0 fully saturated rings. The zero-order valence-corrected chi connectivity index (χ0v) is 12.1. The van der Waals surface area contributed by atoms with Gasteiger partial charge in [0.2, 0.25) is 0 Å². The van der Waals surface area contributed by atoms with Crippen LogP contribution >= 0.6 is 11.6 Å². The Balaban J connectivity index is 2.13. The smallest absolute Gasteiger partial charge is 0.198 e. The summed E-state index contributed by atoms with van der Waals surface area (Å²) < 4.78 is 5.24. The molecule has 21 heavy (non-hydrogen) atoms. The fraction of sp³-hybridized carbons (Fsp3) is 0.0625. The lowest BCUT2D eigenvalue weighted by Crippen LogP contribution is -2.04. The number of anilines is 1. The van der Waals surface area contributed by atoms with E-state index in [4.69, 9.17) is 22.1 Å². The Labute approximate surface area is 126 Å². The summed E-state index contributed by atoms with van der Waals surface area (Å²) >= 11 is 5.95. The molecule has 0 radical (unpaired) electrons. The van der Waals surface area contributed by atoms with Gasteiger partial charge in [-0.2, -0.15) is 0 Å². The number of H-pyrrole nitrogens is 1. The number of carbonyl (C=O) groups excluding carboxylic acids is 1. The Morgan fingerprint density at radius 3 is 2.76 bits per heavy atom. The molecule has 1 heterocycles. The van der Waals surface area contributed by atoms with Gasteiger partial charge in [0.05, 0.1) is 12.7 Å². The molecule has 0 aliphatic rings. The minimum Gasteiger partial charge on any atom is -0.496 e. The topological polar surface area (TPSA) is 68.1 Å². The van der Waals surface area contributed by atoms with E-state index in [0.29, 0.717) is 27.6 Å². The van der Waals surface area contributed by atoms with Crippen molar-refractivity contribution in [3.8, 4) is 5.75 Å². The highest BCUT2D eigenvalue weighted by Crippen LogP contribution is 2.28. The Morgan fingerprint density at radius 2 is 2.00 bits per heavy atom. The van der Waals surface area contributed by atoms with Crippen molar-refractivity contribution < 1.29 is 9.53 Å². The second-order valence-corrected chi connectivity index (χ2v) is 5.12. The van der Waals surface area contributed by atoms with Gasteiger partial charge in [-0.3, -0.25) is 4.79 Å². The lowest BCUT2D eigenvalue weighted by atomic mass is 10.0. The number of nitrogens with two attached hydrogens (primary N) is 1. The summed E-state index contributed by atoms with van der Waals surface area (Å²) in [5, 5.41) is 1.44. The summed E-state index contributed by atoms with van der Waals surface area (Å²) in [6.07, 6.45) is 1.68. The van der Waals surface area contributed by atoms with E-state index in [9.17, 15) is 4.79 Å². The molecule has 0 amide bonds. The van der Waals surface area contributed by atoms with Crippen LogP contribution in [0.3, 0.4) is 0 Å². The molecule has 0 atom stereocenters. The summed E-state index contributed by atoms with van der Waals surface area (Å²) in [7, 11) is 1.51. The first-order valence-corrected chi connectivity index (χ1v) is 6.73. The van der Waals surface area contributed by atoms with Gasteiger partial charge in [0.15, 0.2) is 5.78 Å². The predicted molar refractivity (Wildman–Crippen MR) is 84.1 cm³/mol. The van der Waals surface area contributed by atoms with Crippen molar-refractivity contribution in [2.24, 2.45) is 0 Å². The maximum atomic E-state index is 12.7. The fourth-order valence-electron chi connectivity index (χ4n) is 2.33. The van der Waals surface area contributed by atoms with Gasteiger partial charge in [0.1, 0.15) is 5.75 Å². The molecule has 0 unspecified atom stereocenters. The largest absolute Gasteiger partial charge is 0.496 e. The summed E-state index contributed by atoms with van der Waals surface area (Å²) in [5.74, 6) is 0.337. The Bertz CT molecular complexity index is 839. The quantitative estimate of drug-likeness (QED) is 0.573. The third-order valence-corrected chi connectivity index (χ3v) is 3.59. The van der Waals surface area contributed by atoms with Gasteiger partial charge in [-0.25, -0.2) is 0 Å². The first-order valence-electron chi connectivity index (χ1n) is 6.35. The molecule has 0 bridgehead atoms. The average molecular weight is 301 g/mol. The van der Waals surface area contributed by atoms with E-state index >= 15 is 0 Å². The van der Waals surface area contributed by atoms with Gasteiger partial charge in [0.25, 0.3) is 0 Å². The van der Waals surface area contributed by atoms with Gasteiger partial charge in [-0.1, -0.05) is 17.7 Å². The normalized spacial score (nSPS) is 10.8. The van der Waals surface area contributed by atoms with E-state index in [2.05, 4.69) is 4.98 Å². The summed E-state index contributed by atoms with van der Waals surface area (Å²) in [6.45, 7) is 0. The van der Waals surface area contributed by atoms with Crippen molar-refractivity contribution in [3.63, 3.8) is 0 Å². The van der Waals surface area contributed by atoms with Crippen LogP contribution in [0.4, 0.5) is 5.69 Å². The number of halogens is 1. The zero-order valence-electron chi connectivity index (χ0n) is 11.3. The third kappa shape index (κ3) is 2.34. The van der Waals surface area contributed by atoms with Crippen LogP contribution in [0, 0.1) is 0 Å². The molecule has 2 aromatic carbocycles. The van der Waals surface area contributed by atoms with Gasteiger partial charge in [-0.15, -0.1) is 0 Å². The van der Waals surface area contributed by atoms with Crippen molar-refractivity contribution in [1.29, 1.82) is 0 Å². The third-order valence-electron chi connectivity index (χ3n) is 3.36. The lowest BCUT2D eigenvalue weighted by Gasteiger charge is -2.08. The van der Waals surface area contributed by atoms with Crippen LogP contribution in [0.1, 0.15) is 15.9 Å². The Morgan fingerprint density at radius 1 is 1.19 bits per heavy atom. The van der Waals surface area contributed by atoms with Crippen LogP contribution in [0.25, 0.3) is 10.9 Å².